The van der Waals surface area contributed by atoms with Gasteiger partial charge in [0.05, 0.1) is 6.54 Å². The number of amides is 1. The predicted molar refractivity (Wildman–Crippen MR) is 81.3 cm³/mol. The zero-order valence-corrected chi connectivity index (χ0v) is 12.1. The smallest absolute Gasteiger partial charge is 0.303 e. The fourth-order valence-electron chi connectivity index (χ4n) is 2.63. The summed E-state index contributed by atoms with van der Waals surface area (Å²) < 4.78 is 0. The van der Waals surface area contributed by atoms with E-state index in [1.165, 1.54) is 12.8 Å². The second-order valence-corrected chi connectivity index (χ2v) is 5.50. The molecular formula is C16H22N2O3. The zero-order valence-electron chi connectivity index (χ0n) is 12.1. The Bertz CT molecular complexity index is 496. The Morgan fingerprint density at radius 3 is 2.71 bits per heavy atom. The fourth-order valence-corrected chi connectivity index (χ4v) is 2.63. The lowest BCUT2D eigenvalue weighted by Crippen LogP contribution is -2.34. The summed E-state index contributed by atoms with van der Waals surface area (Å²) in [5.74, 6) is -0.873. The van der Waals surface area contributed by atoms with E-state index in [1.807, 2.05) is 24.3 Å². The molecule has 0 radical (unpaired) electrons. The predicted octanol–water partition coefficient (Wildman–Crippen LogP) is 2.17. The average molecular weight is 290 g/mol. The van der Waals surface area contributed by atoms with Gasteiger partial charge in [0.2, 0.25) is 5.91 Å². The number of aryl methyl sites for hydroxylation is 1. The first-order valence-electron chi connectivity index (χ1n) is 7.47. The summed E-state index contributed by atoms with van der Waals surface area (Å²) in [6, 6.07) is 7.82. The van der Waals surface area contributed by atoms with Crippen LogP contribution in [0.1, 0.15) is 37.7 Å². The van der Waals surface area contributed by atoms with Crippen LogP contribution in [0.5, 0.6) is 0 Å². The van der Waals surface area contributed by atoms with Crippen LogP contribution < -0.4 is 10.6 Å². The molecule has 114 valence electrons. The first-order chi connectivity index (χ1) is 10.1. The van der Waals surface area contributed by atoms with Gasteiger partial charge >= 0.3 is 5.97 Å². The van der Waals surface area contributed by atoms with Crippen LogP contribution in [0.4, 0.5) is 5.69 Å². The number of nitrogens with one attached hydrogen (secondary N) is 2. The summed E-state index contributed by atoms with van der Waals surface area (Å²) in [7, 11) is 0. The lowest BCUT2D eigenvalue weighted by atomic mass is 10.1. The normalized spacial score (nSPS) is 15.0. The highest BCUT2D eigenvalue weighted by atomic mass is 16.4. The maximum absolute atomic E-state index is 11.9. The number of aliphatic carboxylic acids is 1. The van der Waals surface area contributed by atoms with Crippen molar-refractivity contribution >= 4 is 17.6 Å². The van der Waals surface area contributed by atoms with Crippen LogP contribution in [-0.2, 0) is 16.0 Å². The van der Waals surface area contributed by atoms with Crippen LogP contribution >= 0.6 is 0 Å². The van der Waals surface area contributed by atoms with Gasteiger partial charge in [0, 0.05) is 18.2 Å². The first-order valence-corrected chi connectivity index (χ1v) is 7.47. The molecule has 0 atom stereocenters. The van der Waals surface area contributed by atoms with E-state index in [1.54, 1.807) is 0 Å². The summed E-state index contributed by atoms with van der Waals surface area (Å²) >= 11 is 0. The number of carboxylic acids is 1. The monoisotopic (exact) mass is 290 g/mol. The van der Waals surface area contributed by atoms with E-state index in [-0.39, 0.29) is 12.3 Å². The highest BCUT2D eigenvalue weighted by Crippen LogP contribution is 2.17. The first kappa shape index (κ1) is 15.5. The van der Waals surface area contributed by atoms with Crippen molar-refractivity contribution in [3.05, 3.63) is 29.8 Å². The minimum Gasteiger partial charge on any atom is -0.481 e. The van der Waals surface area contributed by atoms with Crippen molar-refractivity contribution in [3.8, 4) is 0 Å². The van der Waals surface area contributed by atoms with Crippen LogP contribution in [0, 0.1) is 0 Å². The summed E-state index contributed by atoms with van der Waals surface area (Å²) in [6.45, 7) is 0.323. The fraction of sp³-hybridized carbons (Fsp3) is 0.500. The second kappa shape index (κ2) is 7.78. The average Bonchev–Trinajstić information content (AvgIpc) is 2.97. The van der Waals surface area contributed by atoms with E-state index in [4.69, 9.17) is 5.11 Å². The largest absolute Gasteiger partial charge is 0.481 e. The molecule has 5 heteroatoms. The number of benzene rings is 1. The molecule has 0 saturated heterocycles. The van der Waals surface area contributed by atoms with Gasteiger partial charge in [-0.15, -0.1) is 0 Å². The molecule has 0 unspecified atom stereocenters. The van der Waals surface area contributed by atoms with Gasteiger partial charge in [0.15, 0.2) is 0 Å². The Morgan fingerprint density at radius 2 is 2.00 bits per heavy atom. The van der Waals surface area contributed by atoms with Crippen molar-refractivity contribution in [1.29, 1.82) is 0 Å². The quantitative estimate of drug-likeness (QED) is 0.719. The third-order valence-electron chi connectivity index (χ3n) is 3.74. The van der Waals surface area contributed by atoms with Crippen molar-refractivity contribution < 1.29 is 14.7 Å². The van der Waals surface area contributed by atoms with Crippen LogP contribution in [0.25, 0.3) is 0 Å². The van der Waals surface area contributed by atoms with Gasteiger partial charge in [-0.25, -0.2) is 0 Å². The third-order valence-corrected chi connectivity index (χ3v) is 3.74. The molecule has 3 N–H and O–H groups in total. The van der Waals surface area contributed by atoms with Crippen LogP contribution in [0.2, 0.25) is 0 Å². The van der Waals surface area contributed by atoms with Gasteiger partial charge in [-0.1, -0.05) is 25.0 Å². The summed E-state index contributed by atoms with van der Waals surface area (Å²) in [6.07, 6.45) is 5.35. The van der Waals surface area contributed by atoms with Crippen molar-refractivity contribution in [2.75, 3.05) is 11.9 Å². The van der Waals surface area contributed by atoms with E-state index in [9.17, 15) is 9.59 Å². The maximum Gasteiger partial charge on any atom is 0.303 e. The molecule has 5 nitrogen and oxygen atoms in total. The van der Waals surface area contributed by atoms with Gasteiger partial charge in [0.1, 0.15) is 0 Å². The van der Waals surface area contributed by atoms with Crippen LogP contribution in [-0.4, -0.2) is 29.6 Å². The molecular weight excluding hydrogens is 268 g/mol. The van der Waals surface area contributed by atoms with E-state index >= 15 is 0 Å². The molecule has 1 fully saturated rings. The molecule has 1 saturated carbocycles. The van der Waals surface area contributed by atoms with Gasteiger partial charge in [-0.05, 0) is 37.0 Å². The van der Waals surface area contributed by atoms with Crippen LogP contribution in [0.15, 0.2) is 24.3 Å². The Kier molecular flexibility index (Phi) is 5.75. The standard InChI is InChI=1S/C16H22N2O3/c19-15(11-17-13-5-1-2-6-13)18-14-7-3-4-12(10-14)8-9-16(20)21/h3-4,7,10,13,17H,1-2,5-6,8-9,11H2,(H,18,19)(H,20,21). The van der Waals surface area contributed by atoms with Crippen LogP contribution in [0.3, 0.4) is 0 Å². The van der Waals surface area contributed by atoms with E-state index in [2.05, 4.69) is 10.6 Å². The number of anilines is 1. The van der Waals surface area contributed by atoms with Gasteiger partial charge in [0.25, 0.3) is 0 Å². The topological polar surface area (TPSA) is 78.4 Å². The Hall–Kier alpha value is -1.88. The minimum absolute atomic E-state index is 0.0581. The van der Waals surface area contributed by atoms with Crippen molar-refractivity contribution in [3.63, 3.8) is 0 Å². The number of hydrogen-bond acceptors (Lipinski definition) is 3. The van der Waals surface area contributed by atoms with Crippen molar-refractivity contribution in [2.45, 2.75) is 44.6 Å². The Morgan fingerprint density at radius 1 is 1.24 bits per heavy atom. The maximum atomic E-state index is 11.9. The molecule has 1 aliphatic rings. The molecule has 1 aliphatic carbocycles. The van der Waals surface area contributed by atoms with Crippen molar-refractivity contribution in [2.24, 2.45) is 0 Å². The summed E-state index contributed by atoms with van der Waals surface area (Å²) in [5.41, 5.74) is 1.63. The molecule has 0 heterocycles. The number of hydrogen-bond donors (Lipinski definition) is 3. The van der Waals surface area contributed by atoms with Gasteiger partial charge in [-0.2, -0.15) is 0 Å². The molecule has 1 amide bonds. The molecule has 1 aromatic carbocycles. The second-order valence-electron chi connectivity index (χ2n) is 5.50. The Balaban J connectivity index is 1.79. The molecule has 0 bridgehead atoms. The van der Waals surface area contributed by atoms with E-state index in [0.717, 1.165) is 24.1 Å². The molecule has 0 aromatic heterocycles. The lowest BCUT2D eigenvalue weighted by molar-refractivity contribution is -0.137. The Labute approximate surface area is 124 Å². The third kappa shape index (κ3) is 5.55. The number of carboxylic acid groups (broad SMARTS) is 1. The number of rotatable bonds is 7. The molecule has 21 heavy (non-hydrogen) atoms. The molecule has 1 aromatic rings. The van der Waals surface area contributed by atoms with Gasteiger partial charge < -0.3 is 15.7 Å². The lowest BCUT2D eigenvalue weighted by Gasteiger charge is -2.12. The molecule has 2 rings (SSSR count). The SMILES string of the molecule is O=C(O)CCc1cccc(NC(=O)CNC2CCCC2)c1. The highest BCUT2D eigenvalue weighted by molar-refractivity contribution is 5.92. The molecule has 0 spiro atoms. The summed E-state index contributed by atoms with van der Waals surface area (Å²) in [4.78, 5) is 22.4. The highest BCUT2D eigenvalue weighted by Gasteiger charge is 2.15. The van der Waals surface area contributed by atoms with E-state index in [0.29, 0.717) is 19.0 Å². The van der Waals surface area contributed by atoms with E-state index < -0.39 is 5.97 Å². The zero-order chi connectivity index (χ0) is 15.1. The van der Waals surface area contributed by atoms with Gasteiger partial charge in [-0.3, -0.25) is 9.59 Å². The van der Waals surface area contributed by atoms with Crippen molar-refractivity contribution in [1.82, 2.24) is 5.32 Å². The summed E-state index contributed by atoms with van der Waals surface area (Å²) in [5, 5.41) is 14.8. The molecule has 0 aliphatic heterocycles. The number of carbonyl (C=O) groups is 2. The number of carbonyl (C=O) groups excluding carboxylic acids is 1. The minimum atomic E-state index is -0.815.